The first kappa shape index (κ1) is 15.3. The largest absolute Gasteiger partial charge is 0.389 e. The van der Waals surface area contributed by atoms with E-state index in [2.05, 4.69) is 31.0 Å². The first-order valence-electron chi connectivity index (χ1n) is 8.06. The number of hydrogen-bond donors (Lipinski definition) is 2. The Morgan fingerprint density at radius 3 is 2.26 bits per heavy atom. The molecule has 0 aromatic rings. The van der Waals surface area contributed by atoms with Crippen LogP contribution in [-0.4, -0.2) is 47.3 Å². The molecule has 3 nitrogen and oxygen atoms in total. The third-order valence-electron chi connectivity index (χ3n) is 4.68. The third kappa shape index (κ3) is 5.05. The Labute approximate surface area is 118 Å². The van der Waals surface area contributed by atoms with Gasteiger partial charge in [-0.3, -0.25) is 0 Å². The summed E-state index contributed by atoms with van der Waals surface area (Å²) in [5.74, 6) is 0.814. The smallest absolute Gasteiger partial charge is 0.0774 e. The molecule has 0 radical (unpaired) electrons. The summed E-state index contributed by atoms with van der Waals surface area (Å²) < 4.78 is 0. The molecule has 1 aliphatic heterocycles. The van der Waals surface area contributed by atoms with Crippen LogP contribution in [0.15, 0.2) is 0 Å². The normalized spacial score (nSPS) is 25.9. The Balaban J connectivity index is 1.67. The maximum atomic E-state index is 10.5. The van der Waals surface area contributed by atoms with Gasteiger partial charge in [-0.15, -0.1) is 0 Å². The van der Waals surface area contributed by atoms with Crippen molar-refractivity contribution in [2.24, 2.45) is 5.92 Å². The van der Waals surface area contributed by atoms with Crippen LogP contribution in [0.3, 0.4) is 0 Å². The fourth-order valence-corrected chi connectivity index (χ4v) is 3.41. The van der Waals surface area contributed by atoms with Gasteiger partial charge in [0, 0.05) is 12.1 Å². The van der Waals surface area contributed by atoms with E-state index < -0.39 is 0 Å². The van der Waals surface area contributed by atoms with E-state index in [0.717, 1.165) is 31.8 Å². The lowest BCUT2D eigenvalue weighted by molar-refractivity contribution is 0.0000307. The number of hydrogen-bond acceptors (Lipinski definition) is 3. The number of rotatable bonds is 4. The molecule has 0 aromatic heterocycles. The Kier molecular flexibility index (Phi) is 4.91. The van der Waals surface area contributed by atoms with Crippen LogP contribution < -0.4 is 5.32 Å². The van der Waals surface area contributed by atoms with Crippen molar-refractivity contribution >= 4 is 0 Å². The number of aliphatic hydroxyl groups is 1. The fraction of sp³-hybridized carbons (Fsp3) is 1.00. The summed E-state index contributed by atoms with van der Waals surface area (Å²) in [6, 6.07) is 0. The standard InChI is InChI=1S/C16H32N2O/c1-15(2,3)17-12-14-6-10-18(11-7-14)13-16(19)8-4-5-9-16/h14,17,19H,4-13H2,1-3H3. The van der Waals surface area contributed by atoms with Crippen molar-refractivity contribution in [1.82, 2.24) is 10.2 Å². The summed E-state index contributed by atoms with van der Waals surface area (Å²) in [7, 11) is 0. The Bertz CT molecular complexity index is 271. The zero-order valence-corrected chi connectivity index (χ0v) is 13.0. The van der Waals surface area contributed by atoms with E-state index in [1.54, 1.807) is 0 Å². The fourth-order valence-electron chi connectivity index (χ4n) is 3.41. The first-order valence-corrected chi connectivity index (χ1v) is 8.06. The van der Waals surface area contributed by atoms with Gasteiger partial charge in [0.05, 0.1) is 5.60 Å². The van der Waals surface area contributed by atoms with Crippen molar-refractivity contribution < 1.29 is 5.11 Å². The molecular weight excluding hydrogens is 236 g/mol. The van der Waals surface area contributed by atoms with Gasteiger partial charge in [-0.2, -0.15) is 0 Å². The average molecular weight is 268 g/mol. The molecule has 2 fully saturated rings. The number of β-amino-alcohol motifs (C(OH)–C–C–N with tert-alkyl or cyclic N) is 1. The van der Waals surface area contributed by atoms with Gasteiger partial charge in [0.2, 0.25) is 0 Å². The maximum absolute atomic E-state index is 10.5. The lowest BCUT2D eigenvalue weighted by Crippen LogP contribution is -2.47. The molecule has 2 aliphatic rings. The predicted octanol–water partition coefficient (Wildman–Crippen LogP) is 2.39. The lowest BCUT2D eigenvalue weighted by Gasteiger charge is -2.37. The average Bonchev–Trinajstić information content (AvgIpc) is 2.74. The minimum absolute atomic E-state index is 0.232. The molecule has 0 bridgehead atoms. The van der Waals surface area contributed by atoms with Crippen molar-refractivity contribution in [3.05, 3.63) is 0 Å². The monoisotopic (exact) mass is 268 g/mol. The molecule has 1 saturated heterocycles. The third-order valence-corrected chi connectivity index (χ3v) is 4.68. The zero-order chi connectivity index (χ0) is 13.9. The second-order valence-corrected chi connectivity index (χ2v) is 7.78. The van der Waals surface area contributed by atoms with Crippen LogP contribution in [-0.2, 0) is 0 Å². The van der Waals surface area contributed by atoms with Crippen LogP contribution >= 0.6 is 0 Å². The molecule has 1 aliphatic carbocycles. The van der Waals surface area contributed by atoms with Crippen LogP contribution in [0, 0.1) is 5.92 Å². The number of nitrogens with one attached hydrogen (secondary N) is 1. The van der Waals surface area contributed by atoms with E-state index in [-0.39, 0.29) is 11.1 Å². The molecule has 19 heavy (non-hydrogen) atoms. The summed E-state index contributed by atoms with van der Waals surface area (Å²) >= 11 is 0. The van der Waals surface area contributed by atoms with Crippen molar-refractivity contribution in [2.45, 2.75) is 70.4 Å². The van der Waals surface area contributed by atoms with Gasteiger partial charge >= 0.3 is 0 Å². The van der Waals surface area contributed by atoms with Crippen LogP contribution in [0.1, 0.15) is 59.3 Å². The van der Waals surface area contributed by atoms with E-state index in [0.29, 0.717) is 0 Å². The van der Waals surface area contributed by atoms with Crippen LogP contribution in [0.2, 0.25) is 0 Å². The molecule has 1 saturated carbocycles. The molecule has 3 heteroatoms. The minimum Gasteiger partial charge on any atom is -0.389 e. The highest BCUT2D eigenvalue weighted by molar-refractivity contribution is 4.89. The van der Waals surface area contributed by atoms with Crippen molar-refractivity contribution in [3.63, 3.8) is 0 Å². The number of nitrogens with zero attached hydrogens (tertiary/aromatic N) is 1. The van der Waals surface area contributed by atoms with Gasteiger partial charge in [0.15, 0.2) is 0 Å². The van der Waals surface area contributed by atoms with E-state index in [4.69, 9.17) is 0 Å². The summed E-state index contributed by atoms with van der Waals surface area (Å²) in [6.45, 7) is 11.1. The molecule has 2 rings (SSSR count). The minimum atomic E-state index is -0.365. The van der Waals surface area contributed by atoms with Gasteiger partial charge < -0.3 is 15.3 Å². The Morgan fingerprint density at radius 2 is 1.74 bits per heavy atom. The molecule has 0 amide bonds. The Morgan fingerprint density at radius 1 is 1.16 bits per heavy atom. The SMILES string of the molecule is CC(C)(C)NCC1CCN(CC2(O)CCCC2)CC1. The topological polar surface area (TPSA) is 35.5 Å². The van der Waals surface area contributed by atoms with Crippen LogP contribution in [0.25, 0.3) is 0 Å². The second kappa shape index (κ2) is 6.11. The molecule has 0 spiro atoms. The molecule has 2 N–H and O–H groups in total. The lowest BCUT2D eigenvalue weighted by atomic mass is 9.93. The number of piperidine rings is 1. The van der Waals surface area contributed by atoms with E-state index in [1.807, 2.05) is 0 Å². The van der Waals surface area contributed by atoms with Gasteiger partial charge in [-0.05, 0) is 72.0 Å². The zero-order valence-electron chi connectivity index (χ0n) is 13.0. The molecular formula is C16H32N2O. The Hall–Kier alpha value is -0.120. The van der Waals surface area contributed by atoms with E-state index >= 15 is 0 Å². The van der Waals surface area contributed by atoms with E-state index in [1.165, 1.54) is 38.8 Å². The van der Waals surface area contributed by atoms with Gasteiger partial charge in [0.1, 0.15) is 0 Å². The van der Waals surface area contributed by atoms with Crippen LogP contribution in [0.5, 0.6) is 0 Å². The highest BCUT2D eigenvalue weighted by Crippen LogP contribution is 2.31. The molecule has 1 heterocycles. The first-order chi connectivity index (χ1) is 8.86. The number of likely N-dealkylation sites (tertiary alicyclic amines) is 1. The van der Waals surface area contributed by atoms with Crippen LogP contribution in [0.4, 0.5) is 0 Å². The van der Waals surface area contributed by atoms with Gasteiger partial charge in [0.25, 0.3) is 0 Å². The quantitative estimate of drug-likeness (QED) is 0.822. The van der Waals surface area contributed by atoms with Crippen molar-refractivity contribution in [1.29, 1.82) is 0 Å². The van der Waals surface area contributed by atoms with Crippen molar-refractivity contribution in [3.8, 4) is 0 Å². The maximum Gasteiger partial charge on any atom is 0.0774 e. The second-order valence-electron chi connectivity index (χ2n) is 7.78. The highest BCUT2D eigenvalue weighted by Gasteiger charge is 2.34. The van der Waals surface area contributed by atoms with Crippen molar-refractivity contribution in [2.75, 3.05) is 26.2 Å². The predicted molar refractivity (Wildman–Crippen MR) is 80.3 cm³/mol. The summed E-state index contributed by atoms with van der Waals surface area (Å²) in [5, 5.41) is 14.1. The van der Waals surface area contributed by atoms with E-state index in [9.17, 15) is 5.11 Å². The molecule has 0 aromatic carbocycles. The van der Waals surface area contributed by atoms with Gasteiger partial charge in [-0.1, -0.05) is 12.8 Å². The summed E-state index contributed by atoms with van der Waals surface area (Å²) in [6.07, 6.45) is 7.00. The molecule has 0 atom stereocenters. The summed E-state index contributed by atoms with van der Waals surface area (Å²) in [5.41, 5.74) is -0.132. The molecule has 0 unspecified atom stereocenters. The molecule has 112 valence electrons. The van der Waals surface area contributed by atoms with Gasteiger partial charge in [-0.25, -0.2) is 0 Å². The summed E-state index contributed by atoms with van der Waals surface area (Å²) in [4.78, 5) is 2.49. The highest BCUT2D eigenvalue weighted by atomic mass is 16.3.